The van der Waals surface area contributed by atoms with Gasteiger partial charge in [0, 0.05) is 11.6 Å². The number of phenolic OH excluding ortho intramolecular Hbond substituents is 2. The van der Waals surface area contributed by atoms with Crippen LogP contribution in [0.4, 0.5) is 0 Å². The van der Waals surface area contributed by atoms with Gasteiger partial charge < -0.3 is 15.3 Å². The number of carbonyl (C=O) groups excluding carboxylic acids is 1. The summed E-state index contributed by atoms with van der Waals surface area (Å²) in [6.45, 7) is 14.1. The van der Waals surface area contributed by atoms with Crippen molar-refractivity contribution in [1.29, 1.82) is 0 Å². The van der Waals surface area contributed by atoms with Gasteiger partial charge in [-0.25, -0.2) is 0 Å². The van der Waals surface area contributed by atoms with Crippen LogP contribution >= 0.6 is 0 Å². The second-order valence-corrected chi connectivity index (χ2v) is 10.0. The SMILES string of the molecule is CC(C)=CCc1c(C)c(CC=C(C)C)c2cc3c(c(O)c2c1O)C(O)=CC(=O)[C@H]3CC=C(C)C. The molecule has 1 aliphatic carbocycles. The Balaban J connectivity index is 2.43. The molecule has 2 aromatic carbocycles. The zero-order valence-corrected chi connectivity index (χ0v) is 21.3. The van der Waals surface area contributed by atoms with Crippen LogP contribution in [-0.4, -0.2) is 21.1 Å². The maximum absolute atomic E-state index is 12.9. The number of allylic oxidation sites excluding steroid dienone is 7. The van der Waals surface area contributed by atoms with Crippen molar-refractivity contribution in [2.24, 2.45) is 0 Å². The Bertz CT molecular complexity index is 1270. The first-order valence-electron chi connectivity index (χ1n) is 11.8. The number of aliphatic hydroxyl groups is 1. The summed E-state index contributed by atoms with van der Waals surface area (Å²) >= 11 is 0. The molecule has 0 unspecified atom stereocenters. The van der Waals surface area contributed by atoms with E-state index in [2.05, 4.69) is 12.2 Å². The van der Waals surface area contributed by atoms with E-state index in [9.17, 15) is 20.1 Å². The summed E-state index contributed by atoms with van der Waals surface area (Å²) in [5, 5.41) is 34.4. The van der Waals surface area contributed by atoms with Gasteiger partial charge in [0.25, 0.3) is 0 Å². The molecule has 4 heteroatoms. The quantitative estimate of drug-likeness (QED) is 0.390. The summed E-state index contributed by atoms with van der Waals surface area (Å²) in [6.07, 6.45) is 9.03. The lowest BCUT2D eigenvalue weighted by molar-refractivity contribution is -0.116. The Morgan fingerprint density at radius 1 is 0.853 bits per heavy atom. The van der Waals surface area contributed by atoms with Crippen LogP contribution in [0.25, 0.3) is 16.5 Å². The molecule has 0 saturated heterocycles. The number of aromatic hydroxyl groups is 2. The number of aliphatic hydroxyl groups excluding tert-OH is 1. The van der Waals surface area contributed by atoms with Crippen molar-refractivity contribution in [2.75, 3.05) is 0 Å². The number of hydrogen-bond acceptors (Lipinski definition) is 4. The third kappa shape index (κ3) is 4.82. The molecule has 0 heterocycles. The first-order valence-corrected chi connectivity index (χ1v) is 11.8. The van der Waals surface area contributed by atoms with E-state index in [0.29, 0.717) is 30.2 Å². The molecule has 0 aromatic heterocycles. The normalized spacial score (nSPS) is 15.0. The van der Waals surface area contributed by atoms with E-state index >= 15 is 0 Å². The van der Waals surface area contributed by atoms with Gasteiger partial charge in [0.2, 0.25) is 0 Å². The summed E-state index contributed by atoms with van der Waals surface area (Å²) in [6, 6.07) is 1.89. The van der Waals surface area contributed by atoms with Crippen LogP contribution in [-0.2, 0) is 17.6 Å². The van der Waals surface area contributed by atoms with Crippen LogP contribution in [0.3, 0.4) is 0 Å². The molecule has 3 rings (SSSR count). The fourth-order valence-corrected chi connectivity index (χ4v) is 4.61. The first-order chi connectivity index (χ1) is 15.9. The maximum atomic E-state index is 12.9. The highest BCUT2D eigenvalue weighted by Gasteiger charge is 2.32. The molecule has 0 amide bonds. The lowest BCUT2D eigenvalue weighted by Gasteiger charge is -2.26. The van der Waals surface area contributed by atoms with Crippen LogP contribution in [0, 0.1) is 6.92 Å². The highest BCUT2D eigenvalue weighted by atomic mass is 16.3. The number of benzene rings is 2. The second kappa shape index (κ2) is 9.92. The summed E-state index contributed by atoms with van der Waals surface area (Å²) in [4.78, 5) is 12.9. The van der Waals surface area contributed by atoms with Gasteiger partial charge in [0.15, 0.2) is 5.78 Å². The average Bonchev–Trinajstić information content (AvgIpc) is 2.72. The van der Waals surface area contributed by atoms with Gasteiger partial charge in [-0.05, 0) is 95.9 Å². The van der Waals surface area contributed by atoms with Crippen LogP contribution in [0.15, 0.2) is 47.1 Å². The predicted octanol–water partition coefficient (Wildman–Crippen LogP) is 7.50. The maximum Gasteiger partial charge on any atom is 0.167 e. The average molecular weight is 461 g/mol. The van der Waals surface area contributed by atoms with Gasteiger partial charge >= 0.3 is 0 Å². The van der Waals surface area contributed by atoms with E-state index in [1.807, 2.05) is 60.6 Å². The van der Waals surface area contributed by atoms with E-state index in [-0.39, 0.29) is 28.6 Å². The van der Waals surface area contributed by atoms with E-state index < -0.39 is 5.92 Å². The Morgan fingerprint density at radius 3 is 1.97 bits per heavy atom. The molecule has 0 bridgehead atoms. The van der Waals surface area contributed by atoms with Gasteiger partial charge in [-0.2, -0.15) is 0 Å². The minimum atomic E-state index is -0.500. The molecule has 0 aliphatic heterocycles. The first kappa shape index (κ1) is 25.4. The monoisotopic (exact) mass is 460 g/mol. The van der Waals surface area contributed by atoms with Crippen molar-refractivity contribution in [3.8, 4) is 11.5 Å². The molecule has 3 N–H and O–H groups in total. The predicted molar refractivity (Wildman–Crippen MR) is 141 cm³/mol. The van der Waals surface area contributed by atoms with Crippen LogP contribution < -0.4 is 0 Å². The van der Waals surface area contributed by atoms with Crippen LogP contribution in [0.2, 0.25) is 0 Å². The van der Waals surface area contributed by atoms with Crippen molar-refractivity contribution >= 4 is 22.3 Å². The number of fused-ring (bicyclic) bond motifs is 2. The lowest BCUT2D eigenvalue weighted by Crippen LogP contribution is -2.17. The number of carbonyl (C=O) groups is 1. The lowest BCUT2D eigenvalue weighted by atomic mass is 9.79. The number of rotatable bonds is 6. The van der Waals surface area contributed by atoms with E-state index in [0.717, 1.165) is 33.2 Å². The van der Waals surface area contributed by atoms with Crippen molar-refractivity contribution in [2.45, 2.75) is 73.6 Å². The molecule has 0 saturated carbocycles. The molecular formula is C30H36O4. The van der Waals surface area contributed by atoms with Crippen molar-refractivity contribution in [1.82, 2.24) is 0 Å². The zero-order valence-electron chi connectivity index (χ0n) is 21.3. The molecule has 1 aliphatic rings. The van der Waals surface area contributed by atoms with Gasteiger partial charge in [-0.3, -0.25) is 4.79 Å². The topological polar surface area (TPSA) is 77.8 Å². The van der Waals surface area contributed by atoms with E-state index in [1.165, 1.54) is 11.6 Å². The molecular weight excluding hydrogens is 424 g/mol. The van der Waals surface area contributed by atoms with Gasteiger partial charge in [-0.15, -0.1) is 0 Å². The minimum Gasteiger partial charge on any atom is -0.507 e. The Morgan fingerprint density at radius 2 is 1.41 bits per heavy atom. The fraction of sp³-hybridized carbons (Fsp3) is 0.367. The van der Waals surface area contributed by atoms with Crippen molar-refractivity contribution in [3.63, 3.8) is 0 Å². The standard InChI is InChI=1S/C30H36O4/c1-16(2)8-11-20-19(7)21(12-9-17(3)4)29(33)28-23(20)14-24-22(13-10-18(5)6)25(31)15-26(32)27(24)30(28)34/h8-10,14-15,22,32-34H,11-13H2,1-7H3/t22-/m0/s1. The van der Waals surface area contributed by atoms with E-state index in [4.69, 9.17) is 0 Å². The smallest absolute Gasteiger partial charge is 0.167 e. The molecule has 0 fully saturated rings. The number of ketones is 1. The van der Waals surface area contributed by atoms with Gasteiger partial charge in [0.1, 0.15) is 17.3 Å². The molecule has 2 aromatic rings. The molecule has 180 valence electrons. The number of hydrogen-bond donors (Lipinski definition) is 3. The summed E-state index contributed by atoms with van der Waals surface area (Å²) in [5.74, 6) is -1.10. The summed E-state index contributed by atoms with van der Waals surface area (Å²) < 4.78 is 0. The Labute approximate surface area is 202 Å². The van der Waals surface area contributed by atoms with Gasteiger partial charge in [-0.1, -0.05) is 34.9 Å². The molecule has 0 spiro atoms. The molecule has 4 nitrogen and oxygen atoms in total. The fourth-order valence-electron chi connectivity index (χ4n) is 4.61. The van der Waals surface area contributed by atoms with Crippen molar-refractivity contribution < 1.29 is 20.1 Å². The Kier molecular flexibility index (Phi) is 7.40. The van der Waals surface area contributed by atoms with Crippen molar-refractivity contribution in [3.05, 3.63) is 74.9 Å². The molecule has 1 atom stereocenters. The summed E-state index contributed by atoms with van der Waals surface area (Å²) in [5.41, 5.74) is 6.99. The highest BCUT2D eigenvalue weighted by molar-refractivity contribution is 6.09. The second-order valence-electron chi connectivity index (χ2n) is 10.0. The van der Waals surface area contributed by atoms with Crippen LogP contribution in [0.5, 0.6) is 11.5 Å². The third-order valence-corrected chi connectivity index (χ3v) is 6.53. The van der Waals surface area contributed by atoms with Crippen LogP contribution in [0.1, 0.15) is 81.7 Å². The van der Waals surface area contributed by atoms with E-state index in [1.54, 1.807) is 0 Å². The minimum absolute atomic E-state index is 0.0248. The summed E-state index contributed by atoms with van der Waals surface area (Å²) in [7, 11) is 0. The molecule has 0 radical (unpaired) electrons. The third-order valence-electron chi connectivity index (χ3n) is 6.53. The number of phenols is 2. The Hall–Kier alpha value is -3.27. The van der Waals surface area contributed by atoms with Gasteiger partial charge in [0.05, 0.1) is 16.9 Å². The zero-order chi connectivity index (χ0) is 25.3. The molecule has 34 heavy (non-hydrogen) atoms. The largest absolute Gasteiger partial charge is 0.507 e. The highest BCUT2D eigenvalue weighted by Crippen LogP contribution is 2.48.